The number of amides is 1. The highest BCUT2D eigenvalue weighted by Crippen LogP contribution is 2.31. The van der Waals surface area contributed by atoms with Crippen molar-refractivity contribution >= 4 is 17.6 Å². The van der Waals surface area contributed by atoms with Crippen molar-refractivity contribution in [2.75, 3.05) is 11.9 Å². The van der Waals surface area contributed by atoms with Gasteiger partial charge in [0.25, 0.3) is 5.89 Å². The zero-order chi connectivity index (χ0) is 24.2. The molecule has 1 amide bonds. The maximum absolute atomic E-state index is 12.8. The Morgan fingerprint density at radius 1 is 1.09 bits per heavy atom. The molecule has 3 aromatic rings. The van der Waals surface area contributed by atoms with Gasteiger partial charge in [0.2, 0.25) is 5.89 Å². The summed E-state index contributed by atoms with van der Waals surface area (Å²) in [5.41, 5.74) is -0.842. The van der Waals surface area contributed by atoms with Gasteiger partial charge in [-0.05, 0) is 52.0 Å². The van der Waals surface area contributed by atoms with Gasteiger partial charge < -0.3 is 14.5 Å². The van der Waals surface area contributed by atoms with E-state index in [0.29, 0.717) is 12.2 Å². The number of nitrogens with one attached hydrogen (secondary N) is 1. The first-order valence-electron chi connectivity index (χ1n) is 10.0. The van der Waals surface area contributed by atoms with E-state index in [0.717, 1.165) is 12.1 Å². The first-order chi connectivity index (χ1) is 15.5. The lowest BCUT2D eigenvalue weighted by Crippen LogP contribution is -2.36. The molecule has 0 saturated carbocycles. The van der Waals surface area contributed by atoms with Crippen molar-refractivity contribution < 1.29 is 27.1 Å². The predicted octanol–water partition coefficient (Wildman–Crippen LogP) is 5.05. The average Bonchev–Trinajstić information content (AvgIpc) is 3.19. The first kappa shape index (κ1) is 24.0. The summed E-state index contributed by atoms with van der Waals surface area (Å²) < 4.78 is 49.4. The fourth-order valence-corrected chi connectivity index (χ4v) is 2.67. The molecule has 0 fully saturated rings. The van der Waals surface area contributed by atoms with Gasteiger partial charge in [-0.2, -0.15) is 13.2 Å². The lowest BCUT2D eigenvalue weighted by atomic mass is 10.2. The normalized spacial score (nSPS) is 11.8. The molecule has 2 heterocycles. The van der Waals surface area contributed by atoms with Crippen LogP contribution in [-0.2, 0) is 17.5 Å². The summed E-state index contributed by atoms with van der Waals surface area (Å²) in [6, 6.07) is 4.47. The van der Waals surface area contributed by atoms with Crippen LogP contribution < -0.4 is 5.32 Å². The van der Waals surface area contributed by atoms with Gasteiger partial charge in [0.1, 0.15) is 12.1 Å². The second-order valence-electron chi connectivity index (χ2n) is 7.95. The molecule has 0 saturated heterocycles. The number of carbonyl (C=O) groups excluding carboxylic acids is 1. The molecule has 12 heteroatoms. The first-order valence-corrected chi connectivity index (χ1v) is 10.0. The van der Waals surface area contributed by atoms with Crippen LogP contribution in [0.15, 0.2) is 41.1 Å². The third-order valence-electron chi connectivity index (χ3n) is 4.20. The van der Waals surface area contributed by atoms with Crippen LogP contribution in [0.25, 0.3) is 11.6 Å². The minimum absolute atomic E-state index is 0.0281. The van der Waals surface area contributed by atoms with Crippen LogP contribution >= 0.6 is 0 Å². The van der Waals surface area contributed by atoms with Crippen molar-refractivity contribution in [2.45, 2.75) is 46.0 Å². The van der Waals surface area contributed by atoms with E-state index < -0.39 is 23.4 Å². The van der Waals surface area contributed by atoms with E-state index in [9.17, 15) is 18.0 Å². The highest BCUT2D eigenvalue weighted by molar-refractivity contribution is 5.70. The monoisotopic (exact) mass is 464 g/mol. The minimum Gasteiger partial charge on any atom is -0.444 e. The highest BCUT2D eigenvalue weighted by atomic mass is 19.4. The Morgan fingerprint density at radius 2 is 1.76 bits per heavy atom. The quantitative estimate of drug-likeness (QED) is 0.540. The summed E-state index contributed by atoms with van der Waals surface area (Å²) in [6.07, 6.45) is -2.12. The molecule has 0 spiro atoms. The molecule has 0 aliphatic carbocycles. The van der Waals surface area contributed by atoms with Gasteiger partial charge in [0.05, 0.1) is 5.56 Å². The Labute approximate surface area is 188 Å². The Balaban J connectivity index is 1.77. The number of benzene rings is 1. The molecule has 3 rings (SSSR count). The van der Waals surface area contributed by atoms with Crippen LogP contribution in [0.3, 0.4) is 0 Å². The zero-order valence-electron chi connectivity index (χ0n) is 18.5. The standard InChI is InChI=1S/C21H23F3N6O3/c1-5-30(19(31)33-20(2,3)4)12-15-28-29-18(32-15)16-17(26-11-10-25-16)27-14-8-6-13(7-9-14)21(22,23)24/h6-11H,5,12H2,1-4H3,(H,26,27). The lowest BCUT2D eigenvalue weighted by Gasteiger charge is -2.25. The number of alkyl halides is 3. The van der Waals surface area contributed by atoms with Crippen molar-refractivity contribution in [3.63, 3.8) is 0 Å². The molecular weight excluding hydrogens is 441 g/mol. The van der Waals surface area contributed by atoms with Gasteiger partial charge in [0.15, 0.2) is 11.5 Å². The van der Waals surface area contributed by atoms with E-state index >= 15 is 0 Å². The van der Waals surface area contributed by atoms with Gasteiger partial charge in [-0.25, -0.2) is 14.8 Å². The van der Waals surface area contributed by atoms with Crippen LogP contribution in [0, 0.1) is 0 Å². The van der Waals surface area contributed by atoms with Crippen molar-refractivity contribution in [2.24, 2.45) is 0 Å². The lowest BCUT2D eigenvalue weighted by molar-refractivity contribution is -0.137. The molecule has 0 atom stereocenters. The summed E-state index contributed by atoms with van der Waals surface area (Å²) in [5.74, 6) is 0.406. The highest BCUT2D eigenvalue weighted by Gasteiger charge is 2.30. The second kappa shape index (κ2) is 9.43. The number of hydrogen-bond acceptors (Lipinski definition) is 8. The molecular formula is C21H23F3N6O3. The van der Waals surface area contributed by atoms with Gasteiger partial charge in [0, 0.05) is 24.6 Å². The SMILES string of the molecule is CCN(Cc1nnc(-c2nccnc2Nc2ccc(C(F)(F)F)cc2)o1)C(=O)OC(C)(C)C. The topological polar surface area (TPSA) is 106 Å². The fraction of sp³-hybridized carbons (Fsp3) is 0.381. The zero-order valence-corrected chi connectivity index (χ0v) is 18.5. The van der Waals surface area contributed by atoms with Crippen molar-refractivity contribution in [1.82, 2.24) is 25.1 Å². The number of ether oxygens (including phenoxy) is 1. The molecule has 1 aromatic carbocycles. The van der Waals surface area contributed by atoms with Gasteiger partial charge >= 0.3 is 12.3 Å². The van der Waals surface area contributed by atoms with Crippen LogP contribution in [0.2, 0.25) is 0 Å². The van der Waals surface area contributed by atoms with Crippen molar-refractivity contribution in [3.05, 3.63) is 48.1 Å². The van der Waals surface area contributed by atoms with E-state index in [-0.39, 0.29) is 29.8 Å². The molecule has 0 radical (unpaired) electrons. The second-order valence-corrected chi connectivity index (χ2v) is 7.95. The number of carbonyl (C=O) groups is 1. The number of anilines is 2. The molecule has 0 unspecified atom stereocenters. The van der Waals surface area contributed by atoms with E-state index in [1.807, 2.05) is 0 Å². The van der Waals surface area contributed by atoms with E-state index in [1.165, 1.54) is 29.4 Å². The van der Waals surface area contributed by atoms with Crippen LogP contribution in [-0.4, -0.2) is 43.3 Å². The molecule has 0 bridgehead atoms. The molecule has 33 heavy (non-hydrogen) atoms. The van der Waals surface area contributed by atoms with Gasteiger partial charge in [-0.15, -0.1) is 10.2 Å². The Kier molecular flexibility index (Phi) is 6.84. The number of halogens is 3. The van der Waals surface area contributed by atoms with Crippen LogP contribution in [0.5, 0.6) is 0 Å². The summed E-state index contributed by atoms with van der Waals surface area (Å²) in [6.45, 7) is 7.48. The summed E-state index contributed by atoms with van der Waals surface area (Å²) >= 11 is 0. The Morgan fingerprint density at radius 3 is 2.36 bits per heavy atom. The Bertz CT molecular complexity index is 1090. The number of nitrogens with zero attached hydrogens (tertiary/aromatic N) is 5. The molecule has 1 N–H and O–H groups in total. The maximum Gasteiger partial charge on any atom is 0.416 e. The average molecular weight is 464 g/mol. The number of rotatable bonds is 6. The third kappa shape index (κ3) is 6.40. The molecule has 2 aromatic heterocycles. The van der Waals surface area contributed by atoms with Gasteiger partial charge in [-0.1, -0.05) is 0 Å². The number of aromatic nitrogens is 4. The maximum atomic E-state index is 12.8. The third-order valence-corrected chi connectivity index (χ3v) is 4.20. The predicted molar refractivity (Wildman–Crippen MR) is 112 cm³/mol. The molecule has 0 aliphatic heterocycles. The summed E-state index contributed by atoms with van der Waals surface area (Å²) in [7, 11) is 0. The van der Waals surface area contributed by atoms with Crippen LogP contribution in [0.4, 0.5) is 29.5 Å². The summed E-state index contributed by atoms with van der Waals surface area (Å²) in [5, 5.41) is 10.8. The van der Waals surface area contributed by atoms with E-state index in [2.05, 4.69) is 25.5 Å². The molecule has 176 valence electrons. The largest absolute Gasteiger partial charge is 0.444 e. The van der Waals surface area contributed by atoms with E-state index in [1.54, 1.807) is 27.7 Å². The molecule has 9 nitrogen and oxygen atoms in total. The van der Waals surface area contributed by atoms with Crippen LogP contribution in [0.1, 0.15) is 39.1 Å². The van der Waals surface area contributed by atoms with Crippen molar-refractivity contribution in [3.8, 4) is 11.6 Å². The van der Waals surface area contributed by atoms with E-state index in [4.69, 9.17) is 9.15 Å². The smallest absolute Gasteiger partial charge is 0.416 e. The minimum atomic E-state index is -4.43. The Hall–Kier alpha value is -3.70. The molecule has 0 aliphatic rings. The fourth-order valence-electron chi connectivity index (χ4n) is 2.67. The number of hydrogen-bond donors (Lipinski definition) is 1. The van der Waals surface area contributed by atoms with Gasteiger partial charge in [-0.3, -0.25) is 4.90 Å². The summed E-state index contributed by atoms with van der Waals surface area (Å²) in [4.78, 5) is 22.1. The van der Waals surface area contributed by atoms with Crippen molar-refractivity contribution in [1.29, 1.82) is 0 Å².